The molecule has 0 spiro atoms. The van der Waals surface area contributed by atoms with E-state index in [-0.39, 0.29) is 18.1 Å². The Kier molecular flexibility index (Phi) is 6.45. The number of urea groups is 1. The predicted octanol–water partition coefficient (Wildman–Crippen LogP) is 2.49. The van der Waals surface area contributed by atoms with Crippen LogP contribution in [0.25, 0.3) is 0 Å². The lowest BCUT2D eigenvalue weighted by atomic mass is 9.86. The molecule has 1 saturated carbocycles. The monoisotopic (exact) mass is 323 g/mol. The van der Waals surface area contributed by atoms with Gasteiger partial charge in [-0.1, -0.05) is 31.8 Å². The first-order valence-electron chi connectivity index (χ1n) is 8.70. The minimum Gasteiger partial charge on any atom is -0.393 e. The zero-order chi connectivity index (χ0) is 16.8. The molecule has 2 N–H and O–H groups in total. The van der Waals surface area contributed by atoms with E-state index >= 15 is 0 Å². The summed E-state index contributed by atoms with van der Waals surface area (Å²) in [6.45, 7) is 5.07. The van der Waals surface area contributed by atoms with Crippen LogP contribution in [0.4, 0.5) is 4.79 Å². The Labute approximate surface area is 138 Å². The van der Waals surface area contributed by atoms with Crippen LogP contribution < -0.4 is 5.32 Å². The largest absolute Gasteiger partial charge is 0.393 e. The quantitative estimate of drug-likeness (QED) is 0.843. The Hall–Kier alpha value is -1.56. The van der Waals surface area contributed by atoms with Crippen molar-refractivity contribution < 1.29 is 14.4 Å². The molecule has 130 valence electrons. The van der Waals surface area contributed by atoms with Crippen molar-refractivity contribution in [3.8, 4) is 0 Å². The van der Waals surface area contributed by atoms with Crippen LogP contribution in [0.15, 0.2) is 4.52 Å². The van der Waals surface area contributed by atoms with Crippen LogP contribution in [0, 0.1) is 5.92 Å². The molecule has 1 fully saturated rings. The molecule has 23 heavy (non-hydrogen) atoms. The highest BCUT2D eigenvalue weighted by atomic mass is 16.5. The normalized spacial score (nSPS) is 21.2. The lowest BCUT2D eigenvalue weighted by molar-refractivity contribution is 0.0565. The van der Waals surface area contributed by atoms with Gasteiger partial charge in [0.05, 0.1) is 11.8 Å². The van der Waals surface area contributed by atoms with E-state index in [1.165, 1.54) is 0 Å². The molecule has 2 amide bonds. The number of hydrogen-bond acceptors (Lipinski definition) is 4. The van der Waals surface area contributed by atoms with Crippen molar-refractivity contribution >= 4 is 6.03 Å². The van der Waals surface area contributed by atoms with Gasteiger partial charge in [-0.3, -0.25) is 0 Å². The molecule has 0 aliphatic heterocycles. The van der Waals surface area contributed by atoms with E-state index in [1.54, 1.807) is 11.9 Å². The van der Waals surface area contributed by atoms with E-state index in [0.717, 1.165) is 55.5 Å². The highest BCUT2D eigenvalue weighted by Gasteiger charge is 2.25. The third-order valence-electron chi connectivity index (χ3n) is 4.75. The van der Waals surface area contributed by atoms with Crippen molar-refractivity contribution in [3.05, 3.63) is 17.0 Å². The second-order valence-electron chi connectivity index (χ2n) is 6.39. The first kappa shape index (κ1) is 17.8. The number of aromatic nitrogens is 1. The van der Waals surface area contributed by atoms with Crippen molar-refractivity contribution in [1.29, 1.82) is 0 Å². The number of nitrogens with one attached hydrogen (secondary N) is 1. The summed E-state index contributed by atoms with van der Waals surface area (Å²) in [4.78, 5) is 14.0. The Morgan fingerprint density at radius 3 is 2.74 bits per heavy atom. The van der Waals surface area contributed by atoms with Crippen molar-refractivity contribution in [3.63, 3.8) is 0 Å². The van der Waals surface area contributed by atoms with E-state index in [0.29, 0.717) is 13.1 Å². The minimum atomic E-state index is -0.282. The lowest BCUT2D eigenvalue weighted by Gasteiger charge is -2.31. The van der Waals surface area contributed by atoms with Gasteiger partial charge < -0.3 is 19.8 Å². The van der Waals surface area contributed by atoms with Crippen LogP contribution in [0.2, 0.25) is 0 Å². The zero-order valence-corrected chi connectivity index (χ0v) is 14.5. The maximum atomic E-state index is 12.3. The minimum absolute atomic E-state index is 0.118. The van der Waals surface area contributed by atoms with Crippen LogP contribution in [-0.2, 0) is 19.4 Å². The van der Waals surface area contributed by atoms with Crippen molar-refractivity contribution in [2.45, 2.75) is 65.0 Å². The van der Waals surface area contributed by atoms with E-state index in [4.69, 9.17) is 4.52 Å². The Bertz CT molecular complexity index is 494. The molecular weight excluding hydrogens is 294 g/mol. The van der Waals surface area contributed by atoms with Gasteiger partial charge in [0.25, 0.3) is 0 Å². The van der Waals surface area contributed by atoms with Crippen LogP contribution in [0.3, 0.4) is 0 Å². The van der Waals surface area contributed by atoms with Crippen LogP contribution >= 0.6 is 0 Å². The maximum Gasteiger partial charge on any atom is 0.317 e. The van der Waals surface area contributed by atoms with Gasteiger partial charge in [0.15, 0.2) is 0 Å². The first-order valence-corrected chi connectivity index (χ1v) is 8.70. The van der Waals surface area contributed by atoms with E-state index < -0.39 is 0 Å². The smallest absolute Gasteiger partial charge is 0.317 e. The molecule has 6 heteroatoms. The fourth-order valence-corrected chi connectivity index (χ4v) is 3.27. The Balaban J connectivity index is 1.87. The van der Waals surface area contributed by atoms with Gasteiger partial charge in [-0.15, -0.1) is 0 Å². The molecule has 2 rings (SSSR count). The maximum absolute atomic E-state index is 12.3. The summed E-state index contributed by atoms with van der Waals surface area (Å²) in [5.74, 6) is 1.03. The first-order chi connectivity index (χ1) is 11.1. The number of nitrogens with zero attached hydrogens (tertiary/aromatic N) is 2. The van der Waals surface area contributed by atoms with Gasteiger partial charge in [0.2, 0.25) is 0 Å². The number of amides is 2. The summed E-state index contributed by atoms with van der Waals surface area (Å²) in [6.07, 6.45) is 5.33. The fraction of sp³-hybridized carbons (Fsp3) is 0.765. The lowest BCUT2D eigenvalue weighted by Crippen LogP contribution is -2.42. The molecule has 2 unspecified atom stereocenters. The van der Waals surface area contributed by atoms with Gasteiger partial charge in [0.1, 0.15) is 5.76 Å². The van der Waals surface area contributed by atoms with Gasteiger partial charge in [-0.2, -0.15) is 0 Å². The van der Waals surface area contributed by atoms with Crippen LogP contribution in [0.1, 0.15) is 56.5 Å². The number of aryl methyl sites for hydroxylation is 2. The molecule has 0 aromatic carbocycles. The summed E-state index contributed by atoms with van der Waals surface area (Å²) in [5, 5.41) is 17.0. The molecule has 1 aliphatic carbocycles. The number of aliphatic hydroxyl groups excluding tert-OH is 1. The number of rotatable bonds is 6. The molecule has 1 aromatic heterocycles. The third-order valence-corrected chi connectivity index (χ3v) is 4.75. The molecule has 0 bridgehead atoms. The number of carbonyl (C=O) groups is 1. The second-order valence-corrected chi connectivity index (χ2v) is 6.39. The number of hydrogen-bond donors (Lipinski definition) is 2. The zero-order valence-electron chi connectivity index (χ0n) is 14.5. The van der Waals surface area contributed by atoms with Crippen LogP contribution in [0.5, 0.6) is 0 Å². The van der Waals surface area contributed by atoms with Crippen molar-refractivity contribution in [2.75, 3.05) is 13.6 Å². The van der Waals surface area contributed by atoms with Gasteiger partial charge in [-0.25, -0.2) is 4.79 Å². The molecule has 1 aromatic rings. The third kappa shape index (κ3) is 4.47. The molecular formula is C17H29N3O3. The molecule has 6 nitrogen and oxygen atoms in total. The molecule has 1 heterocycles. The summed E-state index contributed by atoms with van der Waals surface area (Å²) >= 11 is 0. The summed E-state index contributed by atoms with van der Waals surface area (Å²) in [7, 11) is 1.78. The van der Waals surface area contributed by atoms with Gasteiger partial charge >= 0.3 is 6.03 Å². The number of aliphatic hydroxyl groups is 1. The summed E-state index contributed by atoms with van der Waals surface area (Å²) < 4.78 is 5.32. The van der Waals surface area contributed by atoms with E-state index in [1.807, 2.05) is 13.8 Å². The fourth-order valence-electron chi connectivity index (χ4n) is 3.27. The number of carbonyl (C=O) groups excluding carboxylic acids is 1. The average Bonchev–Trinajstić information content (AvgIpc) is 2.96. The summed E-state index contributed by atoms with van der Waals surface area (Å²) in [5.41, 5.74) is 1.90. The topological polar surface area (TPSA) is 78.6 Å². The highest BCUT2D eigenvalue weighted by Crippen LogP contribution is 2.25. The second kappa shape index (κ2) is 8.34. The Morgan fingerprint density at radius 2 is 2.09 bits per heavy atom. The van der Waals surface area contributed by atoms with Crippen molar-refractivity contribution in [2.24, 2.45) is 5.92 Å². The van der Waals surface area contributed by atoms with Gasteiger partial charge in [0, 0.05) is 38.0 Å². The Morgan fingerprint density at radius 1 is 1.35 bits per heavy atom. The molecule has 0 radical (unpaired) electrons. The van der Waals surface area contributed by atoms with Crippen LogP contribution in [-0.4, -0.2) is 40.9 Å². The standard InChI is InChI=1S/C17H29N3O3/c1-4-14-13(16(5-2)23-19-14)10-18-17(22)20(3)11-12-8-6-7-9-15(12)21/h12,15,21H,4-11H2,1-3H3,(H,18,22). The van der Waals surface area contributed by atoms with E-state index in [2.05, 4.69) is 10.5 Å². The molecule has 0 saturated heterocycles. The summed E-state index contributed by atoms with van der Waals surface area (Å²) in [6, 6.07) is -0.118. The SMILES string of the molecule is CCc1noc(CC)c1CNC(=O)N(C)CC1CCCCC1O. The van der Waals surface area contributed by atoms with E-state index in [9.17, 15) is 9.90 Å². The highest BCUT2D eigenvalue weighted by molar-refractivity contribution is 5.73. The predicted molar refractivity (Wildman–Crippen MR) is 88.1 cm³/mol. The average molecular weight is 323 g/mol. The molecule has 2 atom stereocenters. The van der Waals surface area contributed by atoms with Crippen molar-refractivity contribution in [1.82, 2.24) is 15.4 Å². The van der Waals surface area contributed by atoms with Gasteiger partial charge in [-0.05, 0) is 19.3 Å². The molecule has 1 aliphatic rings.